The second kappa shape index (κ2) is 7.10. The molecule has 0 saturated heterocycles. The fourth-order valence-electron chi connectivity index (χ4n) is 2.78. The second-order valence-corrected chi connectivity index (χ2v) is 5.90. The van der Waals surface area contributed by atoms with E-state index in [0.29, 0.717) is 0 Å². The quantitative estimate of drug-likeness (QED) is 0.784. The van der Waals surface area contributed by atoms with Crippen LogP contribution in [0.5, 0.6) is 0 Å². The Hall–Kier alpha value is -1.32. The number of hydrogen-bond acceptors (Lipinski definition) is 2. The van der Waals surface area contributed by atoms with Crippen LogP contribution in [-0.4, -0.2) is 24.3 Å². The van der Waals surface area contributed by atoms with Crippen molar-refractivity contribution in [3.63, 3.8) is 0 Å². The lowest BCUT2D eigenvalue weighted by Gasteiger charge is -2.14. The van der Waals surface area contributed by atoms with Gasteiger partial charge in [-0.1, -0.05) is 13.0 Å². The van der Waals surface area contributed by atoms with Gasteiger partial charge in [-0.25, -0.2) is 0 Å². The predicted molar refractivity (Wildman–Crippen MR) is 89.9 cm³/mol. The summed E-state index contributed by atoms with van der Waals surface area (Å²) in [5.41, 5.74) is 5.39. The highest BCUT2D eigenvalue weighted by atomic mass is 16.5. The first kappa shape index (κ1) is 16.1. The van der Waals surface area contributed by atoms with Crippen LogP contribution in [0.1, 0.15) is 37.1 Å². The lowest BCUT2D eigenvalue weighted by Crippen LogP contribution is -2.15. The van der Waals surface area contributed by atoms with E-state index in [0.717, 1.165) is 19.6 Å². The maximum Gasteiger partial charge on any atom is 0.0722 e. The van der Waals surface area contributed by atoms with Crippen molar-refractivity contribution in [3.8, 4) is 0 Å². The number of methoxy groups -OCH3 is 1. The number of nitrogens with one attached hydrogen (secondary N) is 1. The maximum atomic E-state index is 5.43. The molecule has 1 aromatic carbocycles. The van der Waals surface area contributed by atoms with Gasteiger partial charge in [-0.2, -0.15) is 0 Å². The standard InChI is InChI=1S/C18H28N2O/c1-6-9-19-11-16-7-8-18-17(10-16)14(3)15(4)20(18)12-13(2)21-5/h7-8,10,13,19H,6,9,11-12H2,1-5H3. The minimum absolute atomic E-state index is 0.226. The van der Waals surface area contributed by atoms with Crippen LogP contribution in [0.3, 0.4) is 0 Å². The van der Waals surface area contributed by atoms with Crippen molar-refractivity contribution < 1.29 is 4.74 Å². The molecule has 0 aliphatic rings. The van der Waals surface area contributed by atoms with Gasteiger partial charge in [0.1, 0.15) is 0 Å². The summed E-state index contributed by atoms with van der Waals surface area (Å²) in [7, 11) is 1.77. The molecular formula is C18H28N2O. The molecule has 1 aromatic heterocycles. The monoisotopic (exact) mass is 288 g/mol. The summed E-state index contributed by atoms with van der Waals surface area (Å²) in [6.07, 6.45) is 1.40. The Balaban J connectivity index is 2.33. The summed E-state index contributed by atoms with van der Waals surface area (Å²) in [5, 5.41) is 4.84. The lowest BCUT2D eigenvalue weighted by molar-refractivity contribution is 0.104. The van der Waals surface area contributed by atoms with E-state index in [2.05, 4.69) is 55.8 Å². The topological polar surface area (TPSA) is 26.2 Å². The Morgan fingerprint density at radius 2 is 2.05 bits per heavy atom. The van der Waals surface area contributed by atoms with Gasteiger partial charge in [0.15, 0.2) is 0 Å². The van der Waals surface area contributed by atoms with Crippen molar-refractivity contribution >= 4 is 10.9 Å². The van der Waals surface area contributed by atoms with Gasteiger partial charge in [0.05, 0.1) is 6.10 Å². The first-order valence-electron chi connectivity index (χ1n) is 7.90. The average Bonchev–Trinajstić information content (AvgIpc) is 2.72. The molecular weight excluding hydrogens is 260 g/mol. The van der Waals surface area contributed by atoms with Crippen molar-refractivity contribution in [3.05, 3.63) is 35.0 Å². The van der Waals surface area contributed by atoms with E-state index in [4.69, 9.17) is 4.74 Å². The molecule has 0 amide bonds. The Labute approximate surface area is 128 Å². The van der Waals surface area contributed by atoms with Gasteiger partial charge < -0.3 is 14.6 Å². The van der Waals surface area contributed by atoms with E-state index in [1.165, 1.54) is 34.1 Å². The van der Waals surface area contributed by atoms with E-state index in [-0.39, 0.29) is 6.10 Å². The zero-order valence-corrected chi connectivity index (χ0v) is 14.0. The van der Waals surface area contributed by atoms with Crippen LogP contribution in [0.2, 0.25) is 0 Å². The highest BCUT2D eigenvalue weighted by Crippen LogP contribution is 2.26. The van der Waals surface area contributed by atoms with Crippen molar-refractivity contribution in [2.45, 2.75) is 53.3 Å². The number of hydrogen-bond donors (Lipinski definition) is 1. The molecule has 116 valence electrons. The summed E-state index contributed by atoms with van der Waals surface area (Å²) in [4.78, 5) is 0. The molecule has 1 atom stereocenters. The molecule has 21 heavy (non-hydrogen) atoms. The number of benzene rings is 1. The Kier molecular flexibility index (Phi) is 5.43. The molecule has 0 radical (unpaired) electrons. The molecule has 0 saturated carbocycles. The molecule has 1 unspecified atom stereocenters. The fraction of sp³-hybridized carbons (Fsp3) is 0.556. The number of ether oxygens (including phenoxy) is 1. The minimum atomic E-state index is 0.226. The van der Waals surface area contributed by atoms with Gasteiger partial charge in [0, 0.05) is 36.8 Å². The molecule has 1 heterocycles. The third kappa shape index (κ3) is 3.47. The molecule has 0 aliphatic heterocycles. The smallest absolute Gasteiger partial charge is 0.0722 e. The number of fused-ring (bicyclic) bond motifs is 1. The first-order chi connectivity index (χ1) is 10.1. The summed E-state index contributed by atoms with van der Waals surface area (Å²) in [6.45, 7) is 11.6. The summed E-state index contributed by atoms with van der Waals surface area (Å²) < 4.78 is 7.80. The predicted octanol–water partition coefficient (Wildman–Crippen LogP) is 3.79. The normalized spacial score (nSPS) is 13.0. The van der Waals surface area contributed by atoms with E-state index >= 15 is 0 Å². The molecule has 2 aromatic rings. The van der Waals surface area contributed by atoms with Crippen LogP contribution < -0.4 is 5.32 Å². The Morgan fingerprint density at radius 3 is 2.71 bits per heavy atom. The highest BCUT2D eigenvalue weighted by molar-refractivity contribution is 5.86. The molecule has 0 aliphatic carbocycles. The number of aryl methyl sites for hydroxylation is 1. The van der Waals surface area contributed by atoms with Gasteiger partial charge in [0.25, 0.3) is 0 Å². The number of rotatable bonds is 7. The Morgan fingerprint density at radius 1 is 1.29 bits per heavy atom. The summed E-state index contributed by atoms with van der Waals surface area (Å²) in [5.74, 6) is 0. The van der Waals surface area contributed by atoms with Crippen LogP contribution in [0.25, 0.3) is 10.9 Å². The second-order valence-electron chi connectivity index (χ2n) is 5.90. The van der Waals surface area contributed by atoms with Crippen LogP contribution >= 0.6 is 0 Å². The number of nitrogens with zero attached hydrogens (tertiary/aromatic N) is 1. The van der Waals surface area contributed by atoms with E-state index in [9.17, 15) is 0 Å². The molecule has 0 bridgehead atoms. The third-order valence-corrected chi connectivity index (χ3v) is 4.30. The van der Waals surface area contributed by atoms with Crippen molar-refractivity contribution in [1.29, 1.82) is 0 Å². The van der Waals surface area contributed by atoms with Gasteiger partial charge in [-0.3, -0.25) is 0 Å². The number of aromatic nitrogens is 1. The van der Waals surface area contributed by atoms with Gasteiger partial charge in [0.2, 0.25) is 0 Å². The largest absolute Gasteiger partial charge is 0.380 e. The molecule has 2 rings (SSSR count). The van der Waals surface area contributed by atoms with Gasteiger partial charge in [-0.05, 0) is 57.0 Å². The minimum Gasteiger partial charge on any atom is -0.380 e. The van der Waals surface area contributed by atoms with E-state index in [1.807, 2.05) is 0 Å². The molecule has 3 heteroatoms. The molecule has 0 fully saturated rings. The lowest BCUT2D eigenvalue weighted by atomic mass is 10.1. The van der Waals surface area contributed by atoms with Crippen molar-refractivity contribution in [2.24, 2.45) is 0 Å². The van der Waals surface area contributed by atoms with Crippen LogP contribution in [0, 0.1) is 13.8 Å². The average molecular weight is 288 g/mol. The fourth-order valence-corrected chi connectivity index (χ4v) is 2.78. The zero-order valence-electron chi connectivity index (χ0n) is 14.0. The first-order valence-corrected chi connectivity index (χ1v) is 7.90. The maximum absolute atomic E-state index is 5.43. The van der Waals surface area contributed by atoms with Gasteiger partial charge in [-0.15, -0.1) is 0 Å². The van der Waals surface area contributed by atoms with Gasteiger partial charge >= 0.3 is 0 Å². The van der Waals surface area contributed by atoms with Crippen molar-refractivity contribution in [2.75, 3.05) is 13.7 Å². The van der Waals surface area contributed by atoms with Crippen LogP contribution in [-0.2, 0) is 17.8 Å². The van der Waals surface area contributed by atoms with Crippen LogP contribution in [0.4, 0.5) is 0 Å². The zero-order chi connectivity index (χ0) is 15.4. The summed E-state index contributed by atoms with van der Waals surface area (Å²) in [6, 6.07) is 6.81. The molecule has 0 spiro atoms. The van der Waals surface area contributed by atoms with Crippen molar-refractivity contribution in [1.82, 2.24) is 9.88 Å². The molecule has 1 N–H and O–H groups in total. The molecule has 3 nitrogen and oxygen atoms in total. The third-order valence-electron chi connectivity index (χ3n) is 4.30. The highest BCUT2D eigenvalue weighted by Gasteiger charge is 2.13. The van der Waals surface area contributed by atoms with E-state index < -0.39 is 0 Å². The SMILES string of the molecule is CCCNCc1ccc2c(c1)c(C)c(C)n2CC(C)OC. The Bertz CT molecular complexity index is 601. The van der Waals surface area contributed by atoms with Crippen LogP contribution in [0.15, 0.2) is 18.2 Å². The van der Waals surface area contributed by atoms with E-state index in [1.54, 1.807) is 7.11 Å². The summed E-state index contributed by atoms with van der Waals surface area (Å²) >= 11 is 0.